The third-order valence-corrected chi connectivity index (χ3v) is 2.97. The molecule has 2 rings (SSSR count). The third kappa shape index (κ3) is 2.06. The lowest BCUT2D eigenvalue weighted by Gasteiger charge is -2.06. The van der Waals surface area contributed by atoms with E-state index >= 15 is 0 Å². The van der Waals surface area contributed by atoms with Crippen molar-refractivity contribution in [2.45, 2.75) is 13.8 Å². The highest BCUT2D eigenvalue weighted by atomic mass is 35.5. The molecule has 1 heterocycles. The summed E-state index contributed by atoms with van der Waals surface area (Å²) in [5.74, 6) is 0.479. The number of aliphatic imine (C=N–C) groups is 1. The van der Waals surface area contributed by atoms with Crippen LogP contribution in [0.5, 0.6) is 0 Å². The number of halogens is 1. The van der Waals surface area contributed by atoms with Crippen LogP contribution in [0.1, 0.15) is 11.1 Å². The molecule has 0 aliphatic rings. The van der Waals surface area contributed by atoms with Crippen LogP contribution in [-0.2, 0) is 0 Å². The lowest BCUT2D eigenvalue weighted by molar-refractivity contribution is 1.21. The number of aryl methyl sites for hydroxylation is 1. The van der Waals surface area contributed by atoms with Gasteiger partial charge < -0.3 is 15.7 Å². The fourth-order valence-electron chi connectivity index (χ4n) is 1.70. The molecular weight excluding hydrogens is 240 g/mol. The average Bonchev–Trinajstić information content (AvgIpc) is 2.64. The summed E-state index contributed by atoms with van der Waals surface area (Å²) in [6.45, 7) is 3.89. The molecule has 17 heavy (non-hydrogen) atoms. The second kappa shape index (κ2) is 4.25. The number of imidazole rings is 1. The van der Waals surface area contributed by atoms with Crippen LogP contribution in [0.3, 0.4) is 0 Å². The van der Waals surface area contributed by atoms with E-state index in [0.717, 1.165) is 16.6 Å². The Morgan fingerprint density at radius 3 is 2.82 bits per heavy atom. The zero-order valence-electron chi connectivity index (χ0n) is 9.60. The smallest absolute Gasteiger partial charge is 0.323 e. The van der Waals surface area contributed by atoms with Gasteiger partial charge in [0.2, 0.25) is 0 Å². The van der Waals surface area contributed by atoms with Crippen LogP contribution >= 0.6 is 11.6 Å². The Morgan fingerprint density at radius 2 is 2.18 bits per heavy atom. The van der Waals surface area contributed by atoms with Crippen molar-refractivity contribution in [1.82, 2.24) is 9.97 Å². The fourth-order valence-corrected chi connectivity index (χ4v) is 1.76. The van der Waals surface area contributed by atoms with E-state index in [4.69, 9.17) is 17.3 Å². The molecule has 2 aromatic rings. The summed E-state index contributed by atoms with van der Waals surface area (Å²) in [6, 6.07) is 1.90. The molecular formula is C11H13ClN4O. The standard InChI is InChI=1S/C11H13ClN4O/c1-5-3-7-10(16-11(17)14-7)9(6(5)2)15-8(13)4-12/h3H,4H2,1-2H3,(H2,13,15)(H2,14,16,17). The van der Waals surface area contributed by atoms with E-state index in [-0.39, 0.29) is 11.6 Å². The molecule has 4 N–H and O–H groups in total. The summed E-state index contributed by atoms with van der Waals surface area (Å²) >= 11 is 5.61. The molecule has 1 aromatic carbocycles. The molecule has 6 heteroatoms. The van der Waals surface area contributed by atoms with Gasteiger partial charge in [-0.3, -0.25) is 0 Å². The van der Waals surface area contributed by atoms with Gasteiger partial charge in [0.15, 0.2) is 0 Å². The number of amidine groups is 1. The number of hydrogen-bond acceptors (Lipinski definition) is 2. The van der Waals surface area contributed by atoms with Crippen LogP contribution < -0.4 is 11.4 Å². The number of fused-ring (bicyclic) bond motifs is 1. The van der Waals surface area contributed by atoms with E-state index in [2.05, 4.69) is 15.0 Å². The van der Waals surface area contributed by atoms with Crippen LogP contribution in [0, 0.1) is 13.8 Å². The number of nitrogens with two attached hydrogens (primary N) is 1. The topological polar surface area (TPSA) is 87.0 Å². The Kier molecular flexibility index (Phi) is 2.93. The Morgan fingerprint density at radius 1 is 1.47 bits per heavy atom. The predicted octanol–water partition coefficient (Wildman–Crippen LogP) is 1.70. The van der Waals surface area contributed by atoms with Crippen molar-refractivity contribution in [3.8, 4) is 0 Å². The lowest BCUT2D eigenvalue weighted by Crippen LogP contribution is -2.12. The number of aromatic nitrogens is 2. The van der Waals surface area contributed by atoms with E-state index in [1.165, 1.54) is 0 Å². The molecule has 0 amide bonds. The predicted molar refractivity (Wildman–Crippen MR) is 70.4 cm³/mol. The second-order valence-electron chi connectivity index (χ2n) is 3.91. The molecule has 5 nitrogen and oxygen atoms in total. The summed E-state index contributed by atoms with van der Waals surface area (Å²) < 4.78 is 0. The monoisotopic (exact) mass is 252 g/mol. The number of nitrogens with zero attached hydrogens (tertiary/aromatic N) is 1. The maximum Gasteiger partial charge on any atom is 0.323 e. The van der Waals surface area contributed by atoms with Gasteiger partial charge in [0.1, 0.15) is 5.84 Å². The summed E-state index contributed by atoms with van der Waals surface area (Å²) in [6.07, 6.45) is 0. The number of rotatable bonds is 2. The molecule has 0 saturated heterocycles. The maximum atomic E-state index is 11.3. The first-order chi connectivity index (χ1) is 8.02. The number of H-pyrrole nitrogens is 2. The minimum atomic E-state index is -0.258. The average molecular weight is 253 g/mol. The van der Waals surface area contributed by atoms with E-state index < -0.39 is 0 Å². The Labute approximate surface area is 103 Å². The minimum Gasteiger partial charge on any atom is -0.386 e. The van der Waals surface area contributed by atoms with Crippen molar-refractivity contribution in [1.29, 1.82) is 0 Å². The van der Waals surface area contributed by atoms with Crippen molar-refractivity contribution >= 4 is 34.2 Å². The van der Waals surface area contributed by atoms with E-state index in [9.17, 15) is 4.79 Å². The van der Waals surface area contributed by atoms with Crippen molar-refractivity contribution in [2.24, 2.45) is 10.7 Å². The van der Waals surface area contributed by atoms with Crippen LogP contribution in [-0.4, -0.2) is 21.7 Å². The summed E-state index contributed by atoms with van der Waals surface area (Å²) in [5, 5.41) is 0. The van der Waals surface area contributed by atoms with Gasteiger partial charge in [-0.05, 0) is 31.0 Å². The summed E-state index contributed by atoms with van der Waals surface area (Å²) in [5.41, 5.74) is 9.43. The molecule has 0 spiro atoms. The maximum absolute atomic E-state index is 11.3. The lowest BCUT2D eigenvalue weighted by atomic mass is 10.1. The van der Waals surface area contributed by atoms with Crippen molar-refractivity contribution < 1.29 is 0 Å². The van der Waals surface area contributed by atoms with Crippen molar-refractivity contribution in [3.63, 3.8) is 0 Å². The molecule has 0 atom stereocenters. The third-order valence-electron chi connectivity index (χ3n) is 2.69. The van der Waals surface area contributed by atoms with Crippen LogP contribution in [0.4, 0.5) is 5.69 Å². The van der Waals surface area contributed by atoms with Gasteiger partial charge in [-0.2, -0.15) is 0 Å². The first-order valence-corrected chi connectivity index (χ1v) is 5.67. The first kappa shape index (κ1) is 11.7. The number of hydrogen-bond donors (Lipinski definition) is 3. The van der Waals surface area contributed by atoms with Gasteiger partial charge in [-0.15, -0.1) is 11.6 Å². The van der Waals surface area contributed by atoms with Crippen LogP contribution in [0.25, 0.3) is 11.0 Å². The molecule has 0 unspecified atom stereocenters. The largest absolute Gasteiger partial charge is 0.386 e. The molecule has 0 aliphatic heterocycles. The van der Waals surface area contributed by atoms with Gasteiger partial charge >= 0.3 is 5.69 Å². The van der Waals surface area contributed by atoms with Gasteiger partial charge in [-0.25, -0.2) is 9.79 Å². The molecule has 0 radical (unpaired) electrons. The van der Waals surface area contributed by atoms with E-state index in [1.807, 2.05) is 19.9 Å². The Bertz CT molecular complexity index is 653. The van der Waals surface area contributed by atoms with Crippen molar-refractivity contribution in [3.05, 3.63) is 27.7 Å². The highest BCUT2D eigenvalue weighted by Gasteiger charge is 2.10. The van der Waals surface area contributed by atoms with Crippen LogP contribution in [0.15, 0.2) is 15.9 Å². The molecule has 0 aliphatic carbocycles. The quantitative estimate of drug-likeness (QED) is 0.432. The molecule has 90 valence electrons. The van der Waals surface area contributed by atoms with Gasteiger partial charge in [0.25, 0.3) is 0 Å². The molecule has 0 bridgehead atoms. The molecule has 0 saturated carbocycles. The molecule has 0 fully saturated rings. The Balaban J connectivity index is 2.82. The summed E-state index contributed by atoms with van der Waals surface area (Å²) in [7, 11) is 0. The Hall–Kier alpha value is -1.75. The number of aromatic amines is 2. The SMILES string of the molecule is Cc1cc2[nH]c(=O)[nH]c2c(N=C(N)CCl)c1C. The highest BCUT2D eigenvalue weighted by molar-refractivity contribution is 6.28. The fraction of sp³-hybridized carbons (Fsp3) is 0.273. The molecule has 1 aromatic heterocycles. The number of nitrogens with one attached hydrogen (secondary N) is 2. The zero-order chi connectivity index (χ0) is 12.6. The van der Waals surface area contributed by atoms with Gasteiger partial charge in [0.05, 0.1) is 22.6 Å². The number of alkyl halides is 1. The minimum absolute atomic E-state index is 0.156. The zero-order valence-corrected chi connectivity index (χ0v) is 10.4. The number of benzene rings is 1. The van der Waals surface area contributed by atoms with Crippen molar-refractivity contribution in [2.75, 3.05) is 5.88 Å². The van der Waals surface area contributed by atoms with Crippen LogP contribution in [0.2, 0.25) is 0 Å². The summed E-state index contributed by atoms with van der Waals surface area (Å²) in [4.78, 5) is 21.0. The van der Waals surface area contributed by atoms with Gasteiger partial charge in [-0.1, -0.05) is 0 Å². The van der Waals surface area contributed by atoms with Gasteiger partial charge in [0, 0.05) is 0 Å². The first-order valence-electron chi connectivity index (χ1n) is 5.14. The normalized spacial score (nSPS) is 12.3. The second-order valence-corrected chi connectivity index (χ2v) is 4.17. The highest BCUT2D eigenvalue weighted by Crippen LogP contribution is 2.29. The van der Waals surface area contributed by atoms with E-state index in [0.29, 0.717) is 17.0 Å². The van der Waals surface area contributed by atoms with E-state index in [1.54, 1.807) is 0 Å².